The molecule has 0 bridgehead atoms. The zero-order chi connectivity index (χ0) is 6.57. The largest absolute Gasteiger partial charge is 1.00 e. The molecule has 9 heavy (non-hydrogen) atoms. The molecule has 0 unspecified atom stereocenters. The molecular weight excluding hydrogens is 119 g/mol. The average Bonchev–Trinajstić information content (AvgIpc) is 1.84. The summed E-state index contributed by atoms with van der Waals surface area (Å²) >= 11 is 0. The van der Waals surface area contributed by atoms with Gasteiger partial charge in [0, 0.05) is 0 Å². The van der Waals surface area contributed by atoms with E-state index in [1.165, 1.54) is 0 Å². The quantitative estimate of drug-likeness (QED) is 0.227. The fourth-order valence-corrected chi connectivity index (χ4v) is 0.207. The fraction of sp³-hybridized carbons (Fsp3) is 0.750. The maximum Gasteiger partial charge on any atom is 1.00 e. The zero-order valence-corrected chi connectivity index (χ0v) is 5.23. The fourth-order valence-electron chi connectivity index (χ4n) is 0.207. The summed E-state index contributed by atoms with van der Waals surface area (Å²) in [5, 5.41) is 32.9. The molecule has 0 aliphatic carbocycles. The summed E-state index contributed by atoms with van der Waals surface area (Å²) in [6.45, 7) is -0.140. The summed E-state index contributed by atoms with van der Waals surface area (Å²) in [4.78, 5) is 0. The van der Waals surface area contributed by atoms with Crippen LogP contribution in [-0.4, -0.2) is 39.2 Å². The van der Waals surface area contributed by atoms with Crippen LogP contribution in [-0.2, 0) is 0 Å². The second-order valence-corrected chi connectivity index (χ2v) is 1.39. The van der Waals surface area contributed by atoms with Gasteiger partial charge in [0.1, 0.15) is 0 Å². The maximum absolute atomic E-state index is 8.44. The van der Waals surface area contributed by atoms with Crippen LogP contribution in [0.25, 0.3) is 0 Å². The van der Waals surface area contributed by atoms with E-state index in [4.69, 9.17) is 20.4 Å². The van der Waals surface area contributed by atoms with Crippen molar-refractivity contribution >= 4 is 0 Å². The molecule has 0 rings (SSSR count). The van der Waals surface area contributed by atoms with Crippen molar-refractivity contribution in [3.63, 3.8) is 0 Å². The molecule has 0 saturated carbocycles. The Kier molecular flexibility index (Phi) is 8.85. The van der Waals surface area contributed by atoms with Crippen molar-refractivity contribution < 1.29 is 39.3 Å². The van der Waals surface area contributed by atoms with Crippen LogP contribution in [0.5, 0.6) is 0 Å². The summed E-state index contributed by atoms with van der Waals surface area (Å²) in [5.74, 6) is 0. The minimum atomic E-state index is -1.35. The molecule has 4 nitrogen and oxygen atoms in total. The van der Waals surface area contributed by atoms with Gasteiger partial charge in [-0.1, -0.05) is 0 Å². The Hall–Kier alpha value is 0.437. The molecule has 0 aromatic carbocycles. The molecule has 0 radical (unpaired) electrons. The summed E-state index contributed by atoms with van der Waals surface area (Å²) < 4.78 is 0. The van der Waals surface area contributed by atoms with Crippen LogP contribution in [0.3, 0.4) is 0 Å². The van der Waals surface area contributed by atoms with Crippen LogP contribution in [0.15, 0.2) is 0 Å². The molecule has 4 N–H and O–H groups in total. The first kappa shape index (κ1) is 12.1. The average molecular weight is 128 g/mol. The summed E-state index contributed by atoms with van der Waals surface area (Å²) in [7, 11) is 0. The molecule has 5 heteroatoms. The second-order valence-electron chi connectivity index (χ2n) is 1.39. The molecule has 0 fully saturated rings. The first-order valence-electron chi connectivity index (χ1n) is 2.17. The van der Waals surface area contributed by atoms with Gasteiger partial charge in [0.05, 0.1) is 12.7 Å². The van der Waals surface area contributed by atoms with Crippen LogP contribution < -0.4 is 18.9 Å². The molecule has 0 amide bonds. The molecule has 0 aromatic rings. The first-order valence-corrected chi connectivity index (χ1v) is 2.17. The van der Waals surface area contributed by atoms with Crippen molar-refractivity contribution in [1.82, 2.24) is 0 Å². The Morgan fingerprint density at radius 1 is 1.33 bits per heavy atom. The van der Waals surface area contributed by atoms with Gasteiger partial charge in [0.15, 0.2) is 0 Å². The van der Waals surface area contributed by atoms with Gasteiger partial charge >= 0.3 is 18.9 Å². The molecule has 0 saturated heterocycles. The van der Waals surface area contributed by atoms with E-state index in [9.17, 15) is 0 Å². The molecule has 50 valence electrons. The predicted octanol–water partition coefficient (Wildman–Crippen LogP) is -4.76. The third-order valence-electron chi connectivity index (χ3n) is 0.734. The number of aliphatic hydroxyl groups is 4. The Balaban J connectivity index is 0. The van der Waals surface area contributed by atoms with E-state index in [0.717, 1.165) is 0 Å². The number of rotatable bonds is 3. The first-order chi connectivity index (χ1) is 3.72. The van der Waals surface area contributed by atoms with Crippen molar-refractivity contribution in [3.05, 3.63) is 6.61 Å². The zero-order valence-electron chi connectivity index (χ0n) is 5.23. The normalized spacial score (nSPS) is 16.0. The Morgan fingerprint density at radius 3 is 1.89 bits per heavy atom. The maximum atomic E-state index is 8.44. The van der Waals surface area contributed by atoms with E-state index < -0.39 is 18.8 Å². The Bertz CT molecular complexity index is 52.5. The van der Waals surface area contributed by atoms with E-state index in [0.29, 0.717) is 6.61 Å². The van der Waals surface area contributed by atoms with Gasteiger partial charge in [-0.25, -0.2) is 0 Å². The van der Waals surface area contributed by atoms with Crippen LogP contribution in [0.2, 0.25) is 0 Å². The van der Waals surface area contributed by atoms with Crippen molar-refractivity contribution in [2.45, 2.75) is 12.2 Å². The SMILES string of the molecule is O[CH-][C@@H](O)[C@H](O)CO.[Li+]. The van der Waals surface area contributed by atoms with Gasteiger partial charge in [-0.15, -0.1) is 0 Å². The topological polar surface area (TPSA) is 80.9 Å². The molecule has 0 spiro atoms. The Morgan fingerprint density at radius 2 is 1.78 bits per heavy atom. The van der Waals surface area contributed by atoms with Gasteiger partial charge in [0.25, 0.3) is 0 Å². The van der Waals surface area contributed by atoms with Crippen molar-refractivity contribution in [2.24, 2.45) is 0 Å². The van der Waals surface area contributed by atoms with Crippen LogP contribution in [0.4, 0.5) is 0 Å². The molecule has 0 aliphatic rings. The van der Waals surface area contributed by atoms with E-state index in [1.807, 2.05) is 0 Å². The summed E-state index contributed by atoms with van der Waals surface area (Å²) in [6.07, 6.45) is -2.63. The predicted molar refractivity (Wildman–Crippen MR) is 25.3 cm³/mol. The molecule has 0 aromatic heterocycles. The van der Waals surface area contributed by atoms with Gasteiger partial charge in [-0.3, -0.25) is 0 Å². The third-order valence-corrected chi connectivity index (χ3v) is 0.734. The van der Waals surface area contributed by atoms with Gasteiger partial charge < -0.3 is 20.4 Å². The molecule has 2 atom stereocenters. The number of aliphatic hydroxyl groups excluding tert-OH is 4. The summed E-state index contributed by atoms with van der Waals surface area (Å²) in [6, 6.07) is 0. The van der Waals surface area contributed by atoms with Crippen LogP contribution >= 0.6 is 0 Å². The van der Waals surface area contributed by atoms with E-state index in [1.54, 1.807) is 0 Å². The van der Waals surface area contributed by atoms with Crippen molar-refractivity contribution in [1.29, 1.82) is 0 Å². The third kappa shape index (κ3) is 4.91. The minimum absolute atomic E-state index is 0. The van der Waals surface area contributed by atoms with Crippen LogP contribution in [0, 0.1) is 6.61 Å². The van der Waals surface area contributed by atoms with Gasteiger partial charge in [-0.05, 0) is 6.10 Å². The second kappa shape index (κ2) is 6.56. The van der Waals surface area contributed by atoms with Gasteiger partial charge in [0.2, 0.25) is 0 Å². The van der Waals surface area contributed by atoms with E-state index >= 15 is 0 Å². The molecular formula is C4H9LiO4. The van der Waals surface area contributed by atoms with E-state index in [2.05, 4.69) is 0 Å². The number of hydrogen-bond donors (Lipinski definition) is 4. The monoisotopic (exact) mass is 128 g/mol. The molecule has 0 heterocycles. The van der Waals surface area contributed by atoms with Crippen molar-refractivity contribution in [2.75, 3.05) is 6.61 Å². The standard InChI is InChI=1S/C4H9O4.Li/c5-1-3(7)4(8)2-6;/h1,3-8H,2H2;/q-1;+1/t3-,4-;/m1./s1. The van der Waals surface area contributed by atoms with E-state index in [-0.39, 0.29) is 18.9 Å². The minimum Gasteiger partial charge on any atom is -0.563 e. The number of hydrogen-bond acceptors (Lipinski definition) is 4. The summed E-state index contributed by atoms with van der Waals surface area (Å²) in [5.41, 5.74) is 0. The Labute approximate surface area is 65.3 Å². The smallest absolute Gasteiger partial charge is 0.563 e. The van der Waals surface area contributed by atoms with Gasteiger partial charge in [-0.2, -0.15) is 6.61 Å². The van der Waals surface area contributed by atoms with Crippen LogP contribution in [0.1, 0.15) is 0 Å². The van der Waals surface area contributed by atoms with Crippen molar-refractivity contribution in [3.8, 4) is 0 Å². The molecule has 0 aliphatic heterocycles.